The van der Waals surface area contributed by atoms with Crippen LogP contribution in [0.1, 0.15) is 18.9 Å². The highest BCUT2D eigenvalue weighted by molar-refractivity contribution is 6.33. The summed E-state index contributed by atoms with van der Waals surface area (Å²) in [6.07, 6.45) is 2.88. The molecule has 0 saturated carbocycles. The number of hydrogen-bond donors (Lipinski definition) is 1. The zero-order valence-electron chi connectivity index (χ0n) is 10.8. The Morgan fingerprint density at radius 2 is 2.17 bits per heavy atom. The maximum Gasteiger partial charge on any atom is 0.0697 e. The second kappa shape index (κ2) is 6.03. The van der Waals surface area contributed by atoms with E-state index >= 15 is 0 Å². The van der Waals surface area contributed by atoms with Crippen LogP contribution in [0.25, 0.3) is 11.3 Å². The first-order valence-corrected chi connectivity index (χ1v) is 6.59. The van der Waals surface area contributed by atoms with Gasteiger partial charge in [-0.05, 0) is 31.2 Å². The predicted octanol–water partition coefficient (Wildman–Crippen LogP) is 3.33. The Labute approximate surface area is 113 Å². The van der Waals surface area contributed by atoms with Crippen molar-refractivity contribution in [2.24, 2.45) is 0 Å². The minimum Gasteiger partial charge on any atom is -0.316 e. The van der Waals surface area contributed by atoms with Crippen LogP contribution in [0.5, 0.6) is 0 Å². The van der Waals surface area contributed by atoms with E-state index in [4.69, 9.17) is 11.6 Å². The van der Waals surface area contributed by atoms with Crippen LogP contribution in [0.2, 0.25) is 5.02 Å². The van der Waals surface area contributed by atoms with E-state index in [9.17, 15) is 0 Å². The Hall–Kier alpha value is -1.32. The second-order valence-electron chi connectivity index (χ2n) is 4.28. The molecule has 4 heteroatoms. The van der Waals surface area contributed by atoms with Crippen LogP contribution in [0.4, 0.5) is 0 Å². The first-order valence-electron chi connectivity index (χ1n) is 6.21. The zero-order valence-corrected chi connectivity index (χ0v) is 11.5. The minimum absolute atomic E-state index is 0.778. The lowest BCUT2D eigenvalue weighted by Gasteiger charge is -2.09. The van der Waals surface area contributed by atoms with Crippen LogP contribution < -0.4 is 5.32 Å². The van der Waals surface area contributed by atoms with Crippen molar-refractivity contribution < 1.29 is 0 Å². The van der Waals surface area contributed by atoms with Crippen molar-refractivity contribution in [1.82, 2.24) is 15.1 Å². The van der Waals surface area contributed by atoms with E-state index in [-0.39, 0.29) is 0 Å². The molecule has 0 amide bonds. The van der Waals surface area contributed by atoms with Gasteiger partial charge in [0.2, 0.25) is 0 Å². The van der Waals surface area contributed by atoms with Gasteiger partial charge in [0.25, 0.3) is 0 Å². The van der Waals surface area contributed by atoms with Crippen molar-refractivity contribution >= 4 is 11.6 Å². The molecule has 1 aromatic carbocycles. The molecule has 0 radical (unpaired) electrons. The van der Waals surface area contributed by atoms with Gasteiger partial charge in [0, 0.05) is 24.8 Å². The molecule has 2 rings (SSSR count). The highest BCUT2D eigenvalue weighted by atomic mass is 35.5. The van der Waals surface area contributed by atoms with Gasteiger partial charge < -0.3 is 5.32 Å². The van der Waals surface area contributed by atoms with Gasteiger partial charge in [-0.2, -0.15) is 5.10 Å². The molecule has 0 aliphatic rings. The molecule has 0 atom stereocenters. The Morgan fingerprint density at radius 3 is 2.83 bits per heavy atom. The fourth-order valence-corrected chi connectivity index (χ4v) is 2.33. The average Bonchev–Trinajstić information content (AvgIpc) is 2.78. The van der Waals surface area contributed by atoms with Gasteiger partial charge in [0.15, 0.2) is 0 Å². The number of hydrogen-bond acceptors (Lipinski definition) is 2. The summed E-state index contributed by atoms with van der Waals surface area (Å²) < 4.78 is 2.00. The van der Waals surface area contributed by atoms with Crippen LogP contribution in [0.15, 0.2) is 30.5 Å². The maximum absolute atomic E-state index is 6.36. The van der Waals surface area contributed by atoms with Gasteiger partial charge in [-0.15, -0.1) is 0 Å². The summed E-state index contributed by atoms with van der Waals surface area (Å²) in [5.74, 6) is 0. The zero-order chi connectivity index (χ0) is 13.0. The summed E-state index contributed by atoms with van der Waals surface area (Å²) in [5.41, 5.74) is 3.31. The number of aryl methyl sites for hydroxylation is 1. The molecular formula is C14H18ClN3. The number of rotatable bonds is 5. The lowest BCUT2D eigenvalue weighted by atomic mass is 10.1. The van der Waals surface area contributed by atoms with E-state index in [1.807, 2.05) is 30.1 Å². The smallest absolute Gasteiger partial charge is 0.0697 e. The summed E-state index contributed by atoms with van der Waals surface area (Å²) in [6, 6.07) is 8.18. The molecule has 0 bridgehead atoms. The number of aromatic nitrogens is 2. The van der Waals surface area contributed by atoms with Crippen LogP contribution in [-0.2, 0) is 13.1 Å². The lowest BCUT2D eigenvalue weighted by molar-refractivity contribution is 0.609. The van der Waals surface area contributed by atoms with Gasteiger partial charge >= 0.3 is 0 Å². The van der Waals surface area contributed by atoms with Crippen molar-refractivity contribution in [3.05, 3.63) is 41.0 Å². The standard InChI is InChI=1S/C14H18ClN3/c1-3-8-18-14(6-7-17-18)12-5-4-11(10-16-2)9-13(12)15/h4-7,9,16H,3,8,10H2,1-2H3. The number of halogens is 1. The van der Waals surface area contributed by atoms with E-state index in [1.54, 1.807) is 0 Å². The third-order valence-electron chi connectivity index (χ3n) is 2.84. The monoisotopic (exact) mass is 263 g/mol. The van der Waals surface area contributed by atoms with Gasteiger partial charge in [-0.3, -0.25) is 4.68 Å². The number of benzene rings is 1. The predicted molar refractivity (Wildman–Crippen MR) is 75.7 cm³/mol. The van der Waals surface area contributed by atoms with Crippen molar-refractivity contribution in [3.63, 3.8) is 0 Å². The molecule has 0 aliphatic carbocycles. The molecule has 0 saturated heterocycles. The summed E-state index contributed by atoms with van der Waals surface area (Å²) in [6.45, 7) is 3.88. The Kier molecular flexibility index (Phi) is 4.39. The molecule has 3 nitrogen and oxygen atoms in total. The maximum atomic E-state index is 6.36. The highest BCUT2D eigenvalue weighted by Crippen LogP contribution is 2.28. The first-order chi connectivity index (χ1) is 8.76. The van der Waals surface area contributed by atoms with Crippen molar-refractivity contribution in [2.75, 3.05) is 7.05 Å². The molecular weight excluding hydrogens is 246 g/mol. The van der Waals surface area contributed by atoms with Crippen molar-refractivity contribution in [3.8, 4) is 11.3 Å². The third kappa shape index (κ3) is 2.74. The van der Waals surface area contributed by atoms with Crippen molar-refractivity contribution in [1.29, 1.82) is 0 Å². The van der Waals surface area contributed by atoms with Gasteiger partial charge in [-0.25, -0.2) is 0 Å². The van der Waals surface area contributed by atoms with Gasteiger partial charge in [-0.1, -0.05) is 30.7 Å². The number of nitrogens with zero attached hydrogens (tertiary/aromatic N) is 2. The molecule has 96 valence electrons. The summed E-state index contributed by atoms with van der Waals surface area (Å²) in [7, 11) is 1.93. The summed E-state index contributed by atoms with van der Waals surface area (Å²) in [5, 5.41) is 8.23. The molecule has 18 heavy (non-hydrogen) atoms. The van der Waals surface area contributed by atoms with Crippen LogP contribution in [0.3, 0.4) is 0 Å². The lowest BCUT2D eigenvalue weighted by Crippen LogP contribution is -2.05. The quantitative estimate of drug-likeness (QED) is 0.897. The molecule has 0 fully saturated rings. The second-order valence-corrected chi connectivity index (χ2v) is 4.69. The normalized spacial score (nSPS) is 10.8. The summed E-state index contributed by atoms with van der Waals surface area (Å²) >= 11 is 6.36. The highest BCUT2D eigenvalue weighted by Gasteiger charge is 2.09. The van der Waals surface area contributed by atoms with Gasteiger partial charge in [0.05, 0.1) is 10.7 Å². The van der Waals surface area contributed by atoms with Gasteiger partial charge in [0.1, 0.15) is 0 Å². The Morgan fingerprint density at radius 1 is 1.33 bits per heavy atom. The number of nitrogens with one attached hydrogen (secondary N) is 1. The first kappa shape index (κ1) is 13.1. The molecule has 0 spiro atoms. The Bertz CT molecular complexity index is 520. The third-order valence-corrected chi connectivity index (χ3v) is 3.16. The topological polar surface area (TPSA) is 29.9 Å². The molecule has 2 aromatic rings. The van der Waals surface area contributed by atoms with E-state index < -0.39 is 0 Å². The van der Waals surface area contributed by atoms with Crippen molar-refractivity contribution in [2.45, 2.75) is 26.4 Å². The molecule has 0 aliphatic heterocycles. The van der Waals surface area contributed by atoms with E-state index in [1.165, 1.54) is 5.56 Å². The average molecular weight is 264 g/mol. The molecule has 1 N–H and O–H groups in total. The van der Waals surface area contributed by atoms with Crippen LogP contribution in [0, 0.1) is 0 Å². The largest absolute Gasteiger partial charge is 0.316 e. The SMILES string of the molecule is CCCn1nccc1-c1ccc(CNC)cc1Cl. The fraction of sp³-hybridized carbons (Fsp3) is 0.357. The fourth-order valence-electron chi connectivity index (χ4n) is 2.03. The minimum atomic E-state index is 0.778. The molecule has 1 aromatic heterocycles. The molecule has 0 unspecified atom stereocenters. The summed E-state index contributed by atoms with van der Waals surface area (Å²) in [4.78, 5) is 0. The van der Waals surface area contributed by atoms with E-state index in [0.717, 1.165) is 35.8 Å². The van der Waals surface area contributed by atoms with Crippen LogP contribution >= 0.6 is 11.6 Å². The van der Waals surface area contributed by atoms with E-state index in [2.05, 4.69) is 29.5 Å². The van der Waals surface area contributed by atoms with E-state index in [0.29, 0.717) is 0 Å². The molecule has 1 heterocycles. The van der Waals surface area contributed by atoms with Crippen LogP contribution in [-0.4, -0.2) is 16.8 Å². The Balaban J connectivity index is 2.35.